The predicted molar refractivity (Wildman–Crippen MR) is 128 cm³/mol. The van der Waals surface area contributed by atoms with Crippen LogP contribution in [0.5, 0.6) is 0 Å². The summed E-state index contributed by atoms with van der Waals surface area (Å²) in [4.78, 5) is 27.1. The van der Waals surface area contributed by atoms with Gasteiger partial charge in [-0.05, 0) is 61.2 Å². The van der Waals surface area contributed by atoms with Crippen molar-refractivity contribution in [1.29, 1.82) is 0 Å². The maximum absolute atomic E-state index is 12.9. The molecule has 7 nitrogen and oxygen atoms in total. The van der Waals surface area contributed by atoms with Gasteiger partial charge in [-0.15, -0.1) is 10.2 Å². The number of benzene rings is 2. The fourth-order valence-electron chi connectivity index (χ4n) is 4.69. The predicted octanol–water partition coefficient (Wildman–Crippen LogP) is 4.23. The Morgan fingerprint density at radius 3 is 2.58 bits per heavy atom. The first kappa shape index (κ1) is 21.4. The number of anilines is 2. The quantitative estimate of drug-likeness (QED) is 0.640. The van der Waals surface area contributed by atoms with Crippen molar-refractivity contribution in [2.45, 2.75) is 52.0 Å². The first-order valence-electron chi connectivity index (χ1n) is 11.8. The number of hydrogen-bond acceptors (Lipinski definition) is 4. The van der Waals surface area contributed by atoms with E-state index in [0.717, 1.165) is 60.8 Å². The van der Waals surface area contributed by atoms with Gasteiger partial charge in [0.1, 0.15) is 5.82 Å². The number of amides is 2. The summed E-state index contributed by atoms with van der Waals surface area (Å²) in [6.07, 6.45) is 5.68. The standard InChI is InChI=1S/C26H29N5O2/c1-2-18-7-13-22(14-8-18)31-17-20(16-24(31)32)26(33)27-21-11-9-19(10-12-21)25-29-28-23-6-4-3-5-15-30(23)25/h7-14,20H,2-6,15-17H2,1H3,(H,27,33). The third-order valence-corrected chi connectivity index (χ3v) is 6.67. The highest BCUT2D eigenvalue weighted by Gasteiger charge is 2.35. The molecule has 1 N–H and O–H groups in total. The van der Waals surface area contributed by atoms with Crippen LogP contribution in [0.4, 0.5) is 11.4 Å². The summed E-state index contributed by atoms with van der Waals surface area (Å²) in [6.45, 7) is 3.45. The van der Waals surface area contributed by atoms with Crippen molar-refractivity contribution in [3.63, 3.8) is 0 Å². The maximum atomic E-state index is 12.9. The highest BCUT2D eigenvalue weighted by atomic mass is 16.2. The molecule has 0 spiro atoms. The van der Waals surface area contributed by atoms with E-state index in [9.17, 15) is 9.59 Å². The maximum Gasteiger partial charge on any atom is 0.229 e. The van der Waals surface area contributed by atoms with Gasteiger partial charge in [0.05, 0.1) is 5.92 Å². The second kappa shape index (κ2) is 9.17. The molecule has 2 amide bonds. The second-order valence-corrected chi connectivity index (χ2v) is 8.89. The molecule has 7 heteroatoms. The van der Waals surface area contributed by atoms with Gasteiger partial charge in [-0.2, -0.15) is 0 Å². The minimum Gasteiger partial charge on any atom is -0.326 e. The summed E-state index contributed by atoms with van der Waals surface area (Å²) in [7, 11) is 0. The average molecular weight is 444 g/mol. The first-order valence-corrected chi connectivity index (χ1v) is 11.8. The van der Waals surface area contributed by atoms with Crippen molar-refractivity contribution in [2.24, 2.45) is 5.92 Å². The van der Waals surface area contributed by atoms with Crippen LogP contribution in [0.3, 0.4) is 0 Å². The first-order chi connectivity index (χ1) is 16.1. The summed E-state index contributed by atoms with van der Waals surface area (Å²) in [5.41, 5.74) is 3.79. The van der Waals surface area contributed by atoms with E-state index >= 15 is 0 Å². The molecular formula is C26H29N5O2. The fraction of sp³-hybridized carbons (Fsp3) is 0.385. The molecule has 5 rings (SSSR count). The van der Waals surface area contributed by atoms with Crippen molar-refractivity contribution in [2.75, 3.05) is 16.8 Å². The van der Waals surface area contributed by atoms with E-state index in [1.54, 1.807) is 4.90 Å². The Balaban J connectivity index is 1.24. The molecular weight excluding hydrogens is 414 g/mol. The largest absolute Gasteiger partial charge is 0.326 e. The van der Waals surface area contributed by atoms with Gasteiger partial charge in [0.15, 0.2) is 5.82 Å². The number of aromatic nitrogens is 3. The molecule has 33 heavy (non-hydrogen) atoms. The van der Waals surface area contributed by atoms with Gasteiger partial charge in [0, 0.05) is 42.9 Å². The van der Waals surface area contributed by atoms with Crippen LogP contribution in [0, 0.1) is 5.92 Å². The Hall–Kier alpha value is -3.48. The smallest absolute Gasteiger partial charge is 0.229 e. The van der Waals surface area contributed by atoms with E-state index < -0.39 is 0 Å². The van der Waals surface area contributed by atoms with E-state index in [1.807, 2.05) is 48.5 Å². The highest BCUT2D eigenvalue weighted by molar-refractivity contribution is 6.03. The van der Waals surface area contributed by atoms with Gasteiger partial charge in [-0.1, -0.05) is 25.5 Å². The zero-order valence-corrected chi connectivity index (χ0v) is 19.0. The SMILES string of the molecule is CCc1ccc(N2CC(C(=O)Nc3ccc(-c4nnc5n4CCCCC5)cc3)CC2=O)cc1. The topological polar surface area (TPSA) is 80.1 Å². The minimum absolute atomic E-state index is 0.0118. The molecule has 2 aliphatic rings. The molecule has 0 bridgehead atoms. The second-order valence-electron chi connectivity index (χ2n) is 8.89. The number of nitrogens with one attached hydrogen (secondary N) is 1. The lowest BCUT2D eigenvalue weighted by Crippen LogP contribution is -2.28. The van der Waals surface area contributed by atoms with E-state index in [1.165, 1.54) is 12.0 Å². The number of carbonyl (C=O) groups excluding carboxylic acids is 2. The molecule has 3 heterocycles. The van der Waals surface area contributed by atoms with E-state index in [-0.39, 0.29) is 24.2 Å². The third kappa shape index (κ3) is 4.40. The van der Waals surface area contributed by atoms with Gasteiger partial charge < -0.3 is 14.8 Å². The lowest BCUT2D eigenvalue weighted by Gasteiger charge is -2.17. The molecule has 0 aliphatic carbocycles. The average Bonchev–Trinajstić information content (AvgIpc) is 3.35. The van der Waals surface area contributed by atoms with Crippen LogP contribution in [0.25, 0.3) is 11.4 Å². The highest BCUT2D eigenvalue weighted by Crippen LogP contribution is 2.28. The van der Waals surface area contributed by atoms with Crippen LogP contribution >= 0.6 is 0 Å². The summed E-state index contributed by atoms with van der Waals surface area (Å²) < 4.78 is 2.21. The van der Waals surface area contributed by atoms with Crippen molar-refractivity contribution < 1.29 is 9.59 Å². The lowest BCUT2D eigenvalue weighted by molar-refractivity contribution is -0.122. The van der Waals surface area contributed by atoms with Crippen molar-refractivity contribution in [3.05, 3.63) is 59.9 Å². The van der Waals surface area contributed by atoms with Gasteiger partial charge >= 0.3 is 0 Å². The third-order valence-electron chi connectivity index (χ3n) is 6.67. The Labute approximate surface area is 193 Å². The molecule has 1 unspecified atom stereocenters. The number of fused-ring (bicyclic) bond motifs is 1. The molecule has 3 aromatic rings. The Morgan fingerprint density at radius 2 is 1.82 bits per heavy atom. The van der Waals surface area contributed by atoms with E-state index in [2.05, 4.69) is 27.0 Å². The van der Waals surface area contributed by atoms with E-state index in [0.29, 0.717) is 6.54 Å². The van der Waals surface area contributed by atoms with Gasteiger partial charge in [-0.3, -0.25) is 9.59 Å². The summed E-state index contributed by atoms with van der Waals surface area (Å²) >= 11 is 0. The van der Waals surface area contributed by atoms with Gasteiger partial charge in [0.25, 0.3) is 0 Å². The van der Waals surface area contributed by atoms with Crippen LogP contribution in [0.15, 0.2) is 48.5 Å². The molecule has 1 saturated heterocycles. The van der Waals surface area contributed by atoms with Crippen molar-refractivity contribution in [3.8, 4) is 11.4 Å². The number of nitrogens with zero attached hydrogens (tertiary/aromatic N) is 4. The zero-order valence-electron chi connectivity index (χ0n) is 19.0. The van der Waals surface area contributed by atoms with Crippen LogP contribution in [-0.2, 0) is 29.0 Å². The van der Waals surface area contributed by atoms with Crippen molar-refractivity contribution in [1.82, 2.24) is 14.8 Å². The molecule has 2 aromatic carbocycles. The summed E-state index contributed by atoms with van der Waals surface area (Å²) in [5.74, 6) is 1.44. The van der Waals surface area contributed by atoms with Crippen molar-refractivity contribution >= 4 is 23.2 Å². The van der Waals surface area contributed by atoms with E-state index in [4.69, 9.17) is 0 Å². The van der Waals surface area contributed by atoms with Gasteiger partial charge in [0.2, 0.25) is 11.8 Å². The fourth-order valence-corrected chi connectivity index (χ4v) is 4.69. The summed E-state index contributed by atoms with van der Waals surface area (Å²) in [5, 5.41) is 11.8. The number of aryl methyl sites for hydroxylation is 2. The molecule has 0 radical (unpaired) electrons. The summed E-state index contributed by atoms with van der Waals surface area (Å²) in [6, 6.07) is 15.7. The molecule has 0 saturated carbocycles. The van der Waals surface area contributed by atoms with Crippen LogP contribution < -0.4 is 10.2 Å². The van der Waals surface area contributed by atoms with Crippen LogP contribution in [-0.4, -0.2) is 33.1 Å². The van der Waals surface area contributed by atoms with Gasteiger partial charge in [-0.25, -0.2) is 0 Å². The molecule has 1 atom stereocenters. The number of rotatable bonds is 5. The number of carbonyl (C=O) groups is 2. The minimum atomic E-state index is -0.365. The Morgan fingerprint density at radius 1 is 1.03 bits per heavy atom. The lowest BCUT2D eigenvalue weighted by atomic mass is 10.1. The zero-order chi connectivity index (χ0) is 22.8. The Kier molecular flexibility index (Phi) is 5.94. The van der Waals surface area contributed by atoms with Crippen LogP contribution in [0.2, 0.25) is 0 Å². The number of hydrogen-bond donors (Lipinski definition) is 1. The molecule has 2 aliphatic heterocycles. The molecule has 1 fully saturated rings. The Bertz CT molecular complexity index is 1150. The monoisotopic (exact) mass is 443 g/mol. The van der Waals surface area contributed by atoms with Crippen LogP contribution in [0.1, 0.15) is 44.0 Å². The molecule has 1 aromatic heterocycles. The normalized spacial score (nSPS) is 18.2. The molecule has 170 valence electrons.